The first-order chi connectivity index (χ1) is 11.4. The minimum atomic E-state index is -3.80. The molecule has 9 heteroatoms. The number of hydrogen-bond acceptors (Lipinski definition) is 6. The molecule has 0 heterocycles. The summed E-state index contributed by atoms with van der Waals surface area (Å²) in [4.78, 5) is 12.6. The number of aliphatic carboxylic acids is 1. The maximum absolute atomic E-state index is 12.1. The second kappa shape index (κ2) is 7.93. The van der Waals surface area contributed by atoms with Gasteiger partial charge < -0.3 is 14.6 Å². The standard InChI is InChI=1S/C15H13BrN2O5S/c16-12-5-7-13(8-6-12)24(21,22)18-17-9-11-3-1-2-4-14(11)23-10-15(19)20/h1-9,18H,10H2,(H,19,20)/p-1/b17-9-. The first-order valence-corrected chi connectivity index (χ1v) is 8.88. The molecule has 2 aromatic rings. The van der Waals surface area contributed by atoms with Gasteiger partial charge in [-0.15, -0.1) is 0 Å². The number of rotatable bonds is 7. The summed E-state index contributed by atoms with van der Waals surface area (Å²) in [6.07, 6.45) is 1.22. The first-order valence-electron chi connectivity index (χ1n) is 6.60. The van der Waals surface area contributed by atoms with E-state index in [9.17, 15) is 18.3 Å². The molecule has 0 radical (unpaired) electrons. The molecule has 0 unspecified atom stereocenters. The van der Waals surface area contributed by atoms with Crippen LogP contribution >= 0.6 is 15.9 Å². The number of sulfonamides is 1. The maximum atomic E-state index is 12.1. The highest BCUT2D eigenvalue weighted by molar-refractivity contribution is 9.10. The number of hydrogen-bond donors (Lipinski definition) is 1. The van der Waals surface area contributed by atoms with Gasteiger partial charge in [-0.25, -0.2) is 4.83 Å². The topological polar surface area (TPSA) is 108 Å². The second-order valence-electron chi connectivity index (χ2n) is 4.51. The Labute approximate surface area is 147 Å². The number of ether oxygens (including phenoxy) is 1. The summed E-state index contributed by atoms with van der Waals surface area (Å²) in [6.45, 7) is -0.616. The van der Waals surface area contributed by atoms with Gasteiger partial charge in [-0.2, -0.15) is 13.5 Å². The van der Waals surface area contributed by atoms with Crippen LogP contribution in [0.3, 0.4) is 0 Å². The largest absolute Gasteiger partial charge is 0.546 e. The average molecular weight is 412 g/mol. The molecule has 0 aliphatic carbocycles. The molecular formula is C15H12BrN2O5S-. The number of carboxylic acids is 1. The van der Waals surface area contributed by atoms with Gasteiger partial charge in [0.25, 0.3) is 10.0 Å². The fraction of sp³-hybridized carbons (Fsp3) is 0.0667. The number of nitrogens with one attached hydrogen (secondary N) is 1. The number of carbonyl (C=O) groups excluding carboxylic acids is 1. The van der Waals surface area contributed by atoms with Crippen LogP contribution in [0.25, 0.3) is 0 Å². The van der Waals surface area contributed by atoms with Crippen molar-refractivity contribution >= 4 is 38.1 Å². The molecule has 0 bridgehead atoms. The molecule has 0 amide bonds. The summed E-state index contributed by atoms with van der Waals surface area (Å²) in [5, 5.41) is 14.1. The van der Waals surface area contributed by atoms with Gasteiger partial charge in [0.1, 0.15) is 12.4 Å². The summed E-state index contributed by atoms with van der Waals surface area (Å²) in [6, 6.07) is 12.5. The number of carbonyl (C=O) groups is 1. The summed E-state index contributed by atoms with van der Waals surface area (Å²) >= 11 is 3.22. The van der Waals surface area contributed by atoms with E-state index in [-0.39, 0.29) is 10.6 Å². The Morgan fingerprint density at radius 3 is 2.54 bits per heavy atom. The molecule has 0 saturated carbocycles. The quantitative estimate of drug-likeness (QED) is 0.537. The van der Waals surface area contributed by atoms with Gasteiger partial charge in [0.2, 0.25) is 0 Å². The van der Waals surface area contributed by atoms with Gasteiger partial charge >= 0.3 is 0 Å². The van der Waals surface area contributed by atoms with E-state index in [0.717, 1.165) is 4.47 Å². The Hall–Kier alpha value is -2.39. The SMILES string of the molecule is O=C([O-])COc1ccccc1/C=N\NS(=O)(=O)c1ccc(Br)cc1. The third-order valence-corrected chi connectivity index (χ3v) is 4.53. The van der Waals surface area contributed by atoms with E-state index in [1.807, 2.05) is 0 Å². The van der Waals surface area contributed by atoms with E-state index in [1.54, 1.807) is 30.3 Å². The second-order valence-corrected chi connectivity index (χ2v) is 7.08. The maximum Gasteiger partial charge on any atom is 0.276 e. The van der Waals surface area contributed by atoms with Crippen molar-refractivity contribution in [1.82, 2.24) is 4.83 Å². The molecule has 0 fully saturated rings. The zero-order valence-corrected chi connectivity index (χ0v) is 14.6. The van der Waals surface area contributed by atoms with Crippen LogP contribution in [0.4, 0.5) is 0 Å². The van der Waals surface area contributed by atoms with Gasteiger partial charge in [0.05, 0.1) is 17.1 Å². The Kier molecular flexibility index (Phi) is 5.93. The third kappa shape index (κ3) is 5.07. The Morgan fingerprint density at radius 1 is 1.21 bits per heavy atom. The third-order valence-electron chi connectivity index (χ3n) is 2.76. The van der Waals surface area contributed by atoms with Crippen molar-refractivity contribution in [3.05, 3.63) is 58.6 Å². The van der Waals surface area contributed by atoms with Crippen molar-refractivity contribution in [2.45, 2.75) is 4.90 Å². The van der Waals surface area contributed by atoms with Gasteiger partial charge in [-0.05, 0) is 36.4 Å². The molecular weight excluding hydrogens is 400 g/mol. The molecule has 1 N–H and O–H groups in total. The van der Waals surface area contributed by atoms with E-state index >= 15 is 0 Å². The van der Waals surface area contributed by atoms with E-state index in [4.69, 9.17) is 4.74 Å². The molecule has 0 spiro atoms. The highest BCUT2D eigenvalue weighted by atomic mass is 79.9. The average Bonchev–Trinajstić information content (AvgIpc) is 2.54. The monoisotopic (exact) mass is 411 g/mol. The summed E-state index contributed by atoms with van der Waals surface area (Å²) in [7, 11) is -3.80. The van der Waals surface area contributed by atoms with Gasteiger partial charge in [0.15, 0.2) is 0 Å². The van der Waals surface area contributed by atoms with Crippen molar-refractivity contribution in [2.24, 2.45) is 5.10 Å². The van der Waals surface area contributed by atoms with Crippen LogP contribution < -0.4 is 14.7 Å². The molecule has 7 nitrogen and oxygen atoms in total. The van der Waals surface area contributed by atoms with Crippen LogP contribution in [0.2, 0.25) is 0 Å². The lowest BCUT2D eigenvalue weighted by Gasteiger charge is -2.09. The van der Waals surface area contributed by atoms with Crippen LogP contribution in [-0.4, -0.2) is 27.2 Å². The first kappa shape index (κ1) is 18.0. The zero-order chi connectivity index (χ0) is 17.6. The van der Waals surface area contributed by atoms with Crippen LogP contribution in [0.15, 0.2) is 63.0 Å². The minimum absolute atomic E-state index is 0.0596. The minimum Gasteiger partial charge on any atom is -0.546 e. The summed E-state index contributed by atoms with van der Waals surface area (Å²) in [5.41, 5.74) is 0.414. The number of halogens is 1. The Balaban J connectivity index is 2.11. The van der Waals surface area contributed by atoms with Crippen molar-refractivity contribution in [3.63, 3.8) is 0 Å². The number of carboxylic acid groups (broad SMARTS) is 1. The Bertz CT molecular complexity index is 850. The lowest BCUT2D eigenvalue weighted by molar-refractivity contribution is -0.307. The number of para-hydroxylation sites is 1. The van der Waals surface area contributed by atoms with Gasteiger partial charge in [-0.3, -0.25) is 0 Å². The smallest absolute Gasteiger partial charge is 0.276 e. The van der Waals surface area contributed by atoms with Crippen LogP contribution in [-0.2, 0) is 14.8 Å². The summed E-state index contributed by atoms with van der Waals surface area (Å²) < 4.78 is 29.9. The van der Waals surface area contributed by atoms with Crippen molar-refractivity contribution in [2.75, 3.05) is 6.61 Å². The van der Waals surface area contributed by atoms with E-state index in [0.29, 0.717) is 5.56 Å². The van der Waals surface area contributed by atoms with Crippen LogP contribution in [0, 0.1) is 0 Å². The Morgan fingerprint density at radius 2 is 1.88 bits per heavy atom. The number of benzene rings is 2. The zero-order valence-electron chi connectivity index (χ0n) is 12.2. The van der Waals surface area contributed by atoms with Crippen LogP contribution in [0.5, 0.6) is 5.75 Å². The molecule has 0 saturated heterocycles. The normalized spacial score (nSPS) is 11.4. The highest BCUT2D eigenvalue weighted by Gasteiger charge is 2.12. The molecule has 0 atom stereocenters. The van der Waals surface area contributed by atoms with Crippen molar-refractivity contribution in [3.8, 4) is 5.75 Å². The predicted octanol–water partition coefficient (Wildman–Crippen LogP) is 0.890. The fourth-order valence-electron chi connectivity index (χ4n) is 1.69. The summed E-state index contributed by atoms with van der Waals surface area (Å²) in [5.74, 6) is -1.12. The predicted molar refractivity (Wildman–Crippen MR) is 89.0 cm³/mol. The number of nitrogens with zero attached hydrogens (tertiary/aromatic N) is 1. The highest BCUT2D eigenvalue weighted by Crippen LogP contribution is 2.16. The van der Waals surface area contributed by atoms with Gasteiger partial charge in [0, 0.05) is 10.0 Å². The van der Waals surface area contributed by atoms with E-state index < -0.39 is 22.6 Å². The fourth-order valence-corrected chi connectivity index (χ4v) is 2.74. The molecule has 2 aromatic carbocycles. The van der Waals surface area contributed by atoms with Crippen LogP contribution in [0.1, 0.15) is 5.56 Å². The van der Waals surface area contributed by atoms with E-state index in [1.165, 1.54) is 24.4 Å². The molecule has 0 aromatic heterocycles. The molecule has 126 valence electrons. The number of hydrazone groups is 1. The van der Waals surface area contributed by atoms with E-state index in [2.05, 4.69) is 25.9 Å². The molecule has 2 rings (SSSR count). The lowest BCUT2D eigenvalue weighted by Crippen LogP contribution is -2.29. The van der Waals surface area contributed by atoms with Crippen molar-refractivity contribution < 1.29 is 23.1 Å². The molecule has 0 aliphatic rings. The van der Waals surface area contributed by atoms with Gasteiger partial charge in [-0.1, -0.05) is 28.1 Å². The molecule has 24 heavy (non-hydrogen) atoms. The van der Waals surface area contributed by atoms with Crippen molar-refractivity contribution in [1.29, 1.82) is 0 Å². The lowest BCUT2D eigenvalue weighted by atomic mass is 10.2. The molecule has 0 aliphatic heterocycles.